The second kappa shape index (κ2) is 7.39. The highest BCUT2D eigenvalue weighted by Gasteiger charge is 2.34. The Hall–Kier alpha value is -2.89. The predicted molar refractivity (Wildman–Crippen MR) is 89.5 cm³/mol. The summed E-state index contributed by atoms with van der Waals surface area (Å²) in [6, 6.07) is 0.813. The number of ether oxygens (including phenoxy) is 1. The van der Waals surface area contributed by atoms with E-state index in [0.29, 0.717) is 0 Å². The van der Waals surface area contributed by atoms with Gasteiger partial charge in [-0.1, -0.05) is 0 Å². The third-order valence-corrected chi connectivity index (χ3v) is 4.80. The summed E-state index contributed by atoms with van der Waals surface area (Å²) in [6.45, 7) is 2.31. The first-order chi connectivity index (χ1) is 12.5. The number of halogens is 3. The standard InChI is InChI=1S/C15H15F3N4O4S/c1-6-4-8(15(16,17)18)21-22(6)5-9(23)20-13-10(14(25)26-3)7(2)11(27-13)12(19)24/h4H,5H2,1-3H3,(H2,19,24)(H,20,23). The number of nitrogens with one attached hydrogen (secondary N) is 1. The van der Waals surface area contributed by atoms with Crippen LogP contribution < -0.4 is 11.1 Å². The molecule has 27 heavy (non-hydrogen) atoms. The molecule has 0 bridgehead atoms. The molecule has 0 spiro atoms. The number of rotatable bonds is 5. The average Bonchev–Trinajstić information content (AvgIpc) is 3.07. The van der Waals surface area contributed by atoms with Crippen molar-refractivity contribution in [2.24, 2.45) is 5.73 Å². The van der Waals surface area contributed by atoms with E-state index in [9.17, 15) is 27.6 Å². The molecule has 2 aromatic rings. The maximum atomic E-state index is 12.7. The number of hydrogen-bond acceptors (Lipinski definition) is 6. The lowest BCUT2D eigenvalue weighted by Crippen LogP contribution is -2.21. The Morgan fingerprint density at radius 2 is 1.96 bits per heavy atom. The summed E-state index contributed by atoms with van der Waals surface area (Å²) in [5.74, 6) is -2.32. The highest BCUT2D eigenvalue weighted by molar-refractivity contribution is 7.18. The fraction of sp³-hybridized carbons (Fsp3) is 0.333. The third-order valence-electron chi connectivity index (χ3n) is 3.58. The minimum absolute atomic E-state index is 0.0130. The zero-order valence-corrected chi connectivity index (χ0v) is 15.2. The first kappa shape index (κ1) is 20.4. The van der Waals surface area contributed by atoms with Gasteiger partial charge in [-0.25, -0.2) is 4.79 Å². The van der Waals surface area contributed by atoms with Crippen LogP contribution >= 0.6 is 11.3 Å². The highest BCUT2D eigenvalue weighted by Crippen LogP contribution is 2.33. The van der Waals surface area contributed by atoms with Crippen molar-refractivity contribution in [2.75, 3.05) is 12.4 Å². The van der Waals surface area contributed by atoms with Crippen LogP contribution in [0.1, 0.15) is 37.0 Å². The molecule has 0 atom stereocenters. The zero-order valence-electron chi connectivity index (χ0n) is 14.4. The van der Waals surface area contributed by atoms with E-state index in [4.69, 9.17) is 5.73 Å². The number of hydrogen-bond donors (Lipinski definition) is 2. The van der Waals surface area contributed by atoms with Gasteiger partial charge in [0.05, 0.1) is 17.6 Å². The van der Waals surface area contributed by atoms with E-state index < -0.39 is 36.2 Å². The van der Waals surface area contributed by atoms with Crippen LogP contribution in [0.15, 0.2) is 6.07 Å². The molecule has 0 aliphatic carbocycles. The molecule has 12 heteroatoms. The van der Waals surface area contributed by atoms with Crippen molar-refractivity contribution >= 4 is 34.1 Å². The molecule has 0 fully saturated rings. The van der Waals surface area contributed by atoms with Gasteiger partial charge >= 0.3 is 12.1 Å². The van der Waals surface area contributed by atoms with E-state index >= 15 is 0 Å². The number of aryl methyl sites for hydroxylation is 1. The number of esters is 1. The summed E-state index contributed by atoms with van der Waals surface area (Å²) in [7, 11) is 1.13. The van der Waals surface area contributed by atoms with Gasteiger partial charge in [-0.3, -0.25) is 14.3 Å². The molecule has 2 aromatic heterocycles. The Labute approximate surface area is 155 Å². The van der Waals surface area contributed by atoms with Gasteiger partial charge in [-0.05, 0) is 25.5 Å². The molecule has 0 saturated heterocycles. The van der Waals surface area contributed by atoms with Gasteiger partial charge in [0.15, 0.2) is 5.69 Å². The molecule has 0 radical (unpaired) electrons. The smallest absolute Gasteiger partial charge is 0.435 e. The molecular weight excluding hydrogens is 389 g/mol. The van der Waals surface area contributed by atoms with Gasteiger partial charge in [0.25, 0.3) is 5.91 Å². The lowest BCUT2D eigenvalue weighted by atomic mass is 10.1. The number of nitrogens with zero attached hydrogens (tertiary/aromatic N) is 2. The van der Waals surface area contributed by atoms with E-state index in [0.717, 1.165) is 29.2 Å². The van der Waals surface area contributed by atoms with Crippen molar-refractivity contribution in [3.63, 3.8) is 0 Å². The second-order valence-corrected chi connectivity index (χ2v) is 6.51. The van der Waals surface area contributed by atoms with Gasteiger partial charge in [0, 0.05) is 5.69 Å². The van der Waals surface area contributed by atoms with Crippen molar-refractivity contribution < 1.29 is 32.3 Å². The second-order valence-electron chi connectivity index (χ2n) is 5.49. The molecule has 2 amide bonds. The number of aromatic nitrogens is 2. The number of primary amides is 1. The molecule has 3 N–H and O–H groups in total. The highest BCUT2D eigenvalue weighted by atomic mass is 32.1. The van der Waals surface area contributed by atoms with Gasteiger partial charge in [-0.2, -0.15) is 18.3 Å². The van der Waals surface area contributed by atoms with Crippen LogP contribution in [0.2, 0.25) is 0 Å². The summed E-state index contributed by atoms with van der Waals surface area (Å²) >= 11 is 0.773. The zero-order chi connectivity index (χ0) is 20.5. The first-order valence-electron chi connectivity index (χ1n) is 7.38. The lowest BCUT2D eigenvalue weighted by Gasteiger charge is -2.07. The third kappa shape index (κ3) is 4.27. The molecule has 0 aromatic carbocycles. The van der Waals surface area contributed by atoms with E-state index in [1.807, 2.05) is 0 Å². The van der Waals surface area contributed by atoms with Crippen molar-refractivity contribution in [3.8, 4) is 0 Å². The van der Waals surface area contributed by atoms with Gasteiger partial charge in [-0.15, -0.1) is 11.3 Å². The van der Waals surface area contributed by atoms with Crippen molar-refractivity contribution in [2.45, 2.75) is 26.6 Å². The summed E-state index contributed by atoms with van der Waals surface area (Å²) < 4.78 is 43.6. The Morgan fingerprint density at radius 1 is 1.33 bits per heavy atom. The minimum Gasteiger partial charge on any atom is -0.465 e. The minimum atomic E-state index is -4.63. The average molecular weight is 404 g/mol. The fourth-order valence-corrected chi connectivity index (χ4v) is 3.36. The van der Waals surface area contributed by atoms with E-state index in [1.54, 1.807) is 0 Å². The number of amides is 2. The van der Waals surface area contributed by atoms with Gasteiger partial charge in [0.2, 0.25) is 5.91 Å². The Morgan fingerprint density at radius 3 is 2.44 bits per heavy atom. The number of carbonyl (C=O) groups excluding carboxylic acids is 3. The Kier molecular flexibility index (Phi) is 5.59. The van der Waals surface area contributed by atoms with Crippen LogP contribution in [-0.4, -0.2) is 34.7 Å². The van der Waals surface area contributed by atoms with Crippen LogP contribution in [-0.2, 0) is 22.3 Å². The summed E-state index contributed by atoms with van der Waals surface area (Å²) in [4.78, 5) is 35.7. The molecule has 146 valence electrons. The van der Waals surface area contributed by atoms with E-state index in [1.165, 1.54) is 13.8 Å². The van der Waals surface area contributed by atoms with Crippen molar-refractivity contribution in [1.29, 1.82) is 0 Å². The molecule has 0 saturated carbocycles. The van der Waals surface area contributed by atoms with Crippen LogP contribution in [0.25, 0.3) is 0 Å². The molecule has 2 rings (SSSR count). The largest absolute Gasteiger partial charge is 0.465 e. The molecular formula is C15H15F3N4O4S. The van der Waals surface area contributed by atoms with Crippen LogP contribution in [0.5, 0.6) is 0 Å². The number of alkyl halides is 3. The number of anilines is 1. The molecule has 8 nitrogen and oxygen atoms in total. The SMILES string of the molecule is COC(=O)c1c(NC(=O)Cn2nc(C(F)(F)F)cc2C)sc(C(N)=O)c1C. The maximum Gasteiger partial charge on any atom is 0.435 e. The first-order valence-corrected chi connectivity index (χ1v) is 8.20. The molecule has 2 heterocycles. The fourth-order valence-electron chi connectivity index (χ4n) is 2.30. The summed E-state index contributed by atoms with van der Waals surface area (Å²) in [5, 5.41) is 5.76. The Balaban J connectivity index is 2.28. The van der Waals surface area contributed by atoms with Crippen LogP contribution in [0, 0.1) is 13.8 Å². The molecule has 0 aliphatic rings. The predicted octanol–water partition coefficient (Wildman–Crippen LogP) is 2.10. The van der Waals surface area contributed by atoms with E-state index in [-0.39, 0.29) is 26.7 Å². The van der Waals surface area contributed by atoms with Crippen LogP contribution in [0.4, 0.5) is 18.2 Å². The summed E-state index contributed by atoms with van der Waals surface area (Å²) in [6.07, 6.45) is -4.63. The number of methoxy groups -OCH3 is 1. The topological polar surface area (TPSA) is 116 Å². The molecule has 0 unspecified atom stereocenters. The monoisotopic (exact) mass is 404 g/mol. The van der Waals surface area contributed by atoms with Crippen LogP contribution in [0.3, 0.4) is 0 Å². The number of thiophene rings is 1. The lowest BCUT2D eigenvalue weighted by molar-refractivity contribution is -0.141. The van der Waals surface area contributed by atoms with Crippen molar-refractivity contribution in [3.05, 3.63) is 33.5 Å². The normalized spacial score (nSPS) is 11.3. The Bertz CT molecular complexity index is 917. The number of nitrogens with two attached hydrogens (primary N) is 1. The summed E-state index contributed by atoms with van der Waals surface area (Å²) in [5.41, 5.74) is 4.45. The van der Waals surface area contributed by atoms with Gasteiger partial charge in [0.1, 0.15) is 11.5 Å². The number of carbonyl (C=O) groups is 3. The quantitative estimate of drug-likeness (QED) is 0.741. The van der Waals surface area contributed by atoms with Gasteiger partial charge < -0.3 is 15.8 Å². The maximum absolute atomic E-state index is 12.7. The van der Waals surface area contributed by atoms with E-state index in [2.05, 4.69) is 15.2 Å². The molecule has 0 aliphatic heterocycles. The van der Waals surface area contributed by atoms with Crippen molar-refractivity contribution in [1.82, 2.24) is 9.78 Å².